The first-order chi connectivity index (χ1) is 44.0. The van der Waals surface area contributed by atoms with Gasteiger partial charge in [0, 0.05) is 25.7 Å². The summed E-state index contributed by atoms with van der Waals surface area (Å²) in [6, 6.07) is 0. The number of aliphatic hydroxyl groups is 1. The van der Waals surface area contributed by atoms with Crippen LogP contribution in [-0.4, -0.2) is 96.7 Å². The second-order valence-corrected chi connectivity index (χ2v) is 29.4. The highest BCUT2D eigenvalue weighted by atomic mass is 31.2. The molecule has 0 saturated heterocycles. The molecule has 0 heterocycles. The summed E-state index contributed by atoms with van der Waals surface area (Å²) in [7, 11) is -9.90. The molecule has 17 nitrogen and oxygen atoms in total. The molecule has 19 heteroatoms. The van der Waals surface area contributed by atoms with Crippen LogP contribution in [0.15, 0.2) is 0 Å². The summed E-state index contributed by atoms with van der Waals surface area (Å²) < 4.78 is 68.3. The fraction of sp³-hybridized carbons (Fsp3) is 0.944. The molecule has 3 N–H and O–H groups in total. The molecule has 5 atom stereocenters. The average Bonchev–Trinajstić information content (AvgIpc) is 2.31. The van der Waals surface area contributed by atoms with Gasteiger partial charge in [-0.05, 0) is 31.6 Å². The molecule has 0 aliphatic carbocycles. The Labute approximate surface area is 556 Å². The van der Waals surface area contributed by atoms with Crippen molar-refractivity contribution in [2.75, 3.05) is 39.6 Å². The number of phosphoric acid groups is 2. The second kappa shape index (κ2) is 65.4. The van der Waals surface area contributed by atoms with E-state index >= 15 is 0 Å². The van der Waals surface area contributed by atoms with E-state index in [0.717, 1.165) is 96.3 Å². The summed E-state index contributed by atoms with van der Waals surface area (Å²) in [5.74, 6) is -1.41. The number of phosphoric ester groups is 2. The van der Waals surface area contributed by atoms with Crippen LogP contribution in [0.2, 0.25) is 0 Å². The smallest absolute Gasteiger partial charge is 0.462 e. The van der Waals surface area contributed by atoms with Crippen LogP contribution < -0.4 is 0 Å². The topological polar surface area (TPSA) is 237 Å². The van der Waals surface area contributed by atoms with Gasteiger partial charge >= 0.3 is 39.5 Å². The maximum atomic E-state index is 13.0. The normalized spacial score (nSPS) is 14.0. The lowest BCUT2D eigenvalue weighted by molar-refractivity contribution is -0.161. The number of esters is 4. The van der Waals surface area contributed by atoms with Crippen molar-refractivity contribution in [3.63, 3.8) is 0 Å². The molecule has 0 aromatic carbocycles. The van der Waals surface area contributed by atoms with E-state index in [1.807, 2.05) is 0 Å². The van der Waals surface area contributed by atoms with Crippen LogP contribution in [0.4, 0.5) is 0 Å². The number of ether oxygens (including phenoxy) is 4. The maximum Gasteiger partial charge on any atom is 0.472 e. The monoisotopic (exact) mass is 1340 g/mol. The lowest BCUT2D eigenvalue weighted by Crippen LogP contribution is -2.30. The van der Waals surface area contributed by atoms with Gasteiger partial charge in [-0.25, -0.2) is 9.13 Å². The molecule has 0 spiro atoms. The molecule has 0 aromatic heterocycles. The summed E-state index contributed by atoms with van der Waals surface area (Å²) in [4.78, 5) is 72.6. The van der Waals surface area contributed by atoms with Crippen LogP contribution in [0.25, 0.3) is 0 Å². The van der Waals surface area contributed by atoms with Gasteiger partial charge in [0.2, 0.25) is 0 Å². The first-order valence-corrected chi connectivity index (χ1v) is 40.6. The summed E-state index contributed by atoms with van der Waals surface area (Å²) in [5, 5.41) is 10.6. The van der Waals surface area contributed by atoms with E-state index in [2.05, 4.69) is 34.6 Å². The maximum absolute atomic E-state index is 13.0. The molecule has 540 valence electrons. The second-order valence-electron chi connectivity index (χ2n) is 26.5. The van der Waals surface area contributed by atoms with Gasteiger partial charge in [0.1, 0.15) is 19.3 Å². The van der Waals surface area contributed by atoms with Gasteiger partial charge in [-0.1, -0.05) is 324 Å². The number of carbonyl (C=O) groups excluding carboxylic acids is 4. The van der Waals surface area contributed by atoms with E-state index in [4.69, 9.17) is 37.0 Å². The van der Waals surface area contributed by atoms with Crippen molar-refractivity contribution in [2.24, 2.45) is 5.92 Å². The highest BCUT2D eigenvalue weighted by Crippen LogP contribution is 2.45. The van der Waals surface area contributed by atoms with E-state index < -0.39 is 97.5 Å². The number of hydrogen-bond donors (Lipinski definition) is 3. The van der Waals surface area contributed by atoms with Crippen molar-refractivity contribution in [2.45, 2.75) is 393 Å². The summed E-state index contributed by atoms with van der Waals surface area (Å²) in [6.07, 6.45) is 52.7. The fourth-order valence-corrected chi connectivity index (χ4v) is 12.6. The van der Waals surface area contributed by atoms with Gasteiger partial charge in [-0.3, -0.25) is 37.3 Å². The van der Waals surface area contributed by atoms with Crippen LogP contribution in [0.5, 0.6) is 0 Å². The van der Waals surface area contributed by atoms with Crippen molar-refractivity contribution < 1.29 is 80.2 Å². The molecule has 91 heavy (non-hydrogen) atoms. The third kappa shape index (κ3) is 66.5. The highest BCUT2D eigenvalue weighted by Gasteiger charge is 2.30. The van der Waals surface area contributed by atoms with Crippen LogP contribution in [0.1, 0.15) is 375 Å². The highest BCUT2D eigenvalue weighted by molar-refractivity contribution is 7.47. The number of hydrogen-bond acceptors (Lipinski definition) is 15. The molecule has 0 rings (SSSR count). The minimum absolute atomic E-state index is 0.106. The van der Waals surface area contributed by atoms with Crippen molar-refractivity contribution >= 4 is 39.5 Å². The molecule has 0 radical (unpaired) electrons. The first kappa shape index (κ1) is 89.1. The molecule has 0 saturated carbocycles. The Morgan fingerprint density at radius 3 is 0.747 bits per heavy atom. The van der Waals surface area contributed by atoms with Gasteiger partial charge in [0.05, 0.1) is 26.4 Å². The van der Waals surface area contributed by atoms with Crippen LogP contribution in [-0.2, 0) is 65.4 Å². The van der Waals surface area contributed by atoms with Crippen LogP contribution in [0.3, 0.4) is 0 Å². The summed E-state index contributed by atoms with van der Waals surface area (Å²) in [6.45, 7) is 7.20. The molecular formula is C72H140O17P2. The summed E-state index contributed by atoms with van der Waals surface area (Å²) >= 11 is 0. The van der Waals surface area contributed by atoms with Crippen LogP contribution >= 0.6 is 15.6 Å². The number of rotatable bonds is 72. The Morgan fingerprint density at radius 2 is 0.505 bits per heavy atom. The minimum atomic E-state index is -4.95. The fourth-order valence-electron chi connectivity index (χ4n) is 11.0. The van der Waals surface area contributed by atoms with Crippen molar-refractivity contribution in [3.8, 4) is 0 Å². The average molecular weight is 1340 g/mol. The van der Waals surface area contributed by atoms with E-state index in [0.29, 0.717) is 31.6 Å². The van der Waals surface area contributed by atoms with E-state index in [9.17, 15) is 43.2 Å². The summed E-state index contributed by atoms with van der Waals surface area (Å²) in [5.41, 5.74) is 0. The lowest BCUT2D eigenvalue weighted by Gasteiger charge is -2.21. The van der Waals surface area contributed by atoms with E-state index in [1.54, 1.807) is 0 Å². The Kier molecular flexibility index (Phi) is 64.0. The predicted molar refractivity (Wildman–Crippen MR) is 368 cm³/mol. The Hall–Kier alpha value is -1.94. The predicted octanol–water partition coefficient (Wildman–Crippen LogP) is 20.9. The number of aliphatic hydroxyl groups excluding tert-OH is 1. The van der Waals surface area contributed by atoms with Gasteiger partial charge in [0.25, 0.3) is 0 Å². The molecule has 0 bridgehead atoms. The van der Waals surface area contributed by atoms with Gasteiger partial charge < -0.3 is 33.8 Å². The first-order valence-electron chi connectivity index (χ1n) is 37.6. The van der Waals surface area contributed by atoms with Crippen LogP contribution in [0, 0.1) is 5.92 Å². The SMILES string of the molecule is CCCCCCCCCCCCCCCCCCCCC(=O)O[C@H](COC(=O)CCCCCCCCCCCCCC)COP(=O)(O)OC[C@@H](O)COP(=O)(O)OC[C@@H](COC(=O)CCCCCCCCCC(C)C)OC(=O)CCCCCCCCCCCCC. The standard InChI is InChI=1S/C72H140O17P2/c1-6-9-12-15-18-21-24-26-27-28-29-30-31-34-37-42-48-53-58-72(77)88-67(61-82-69(74)55-50-45-40-35-33-25-22-19-16-13-10-7-2)63-86-90(78,79)84-59-66(73)60-85-91(80,81)87-64-68(62-83-70(75)56-51-46-43-38-39-44-49-54-65(4)5)89-71(76)57-52-47-41-36-32-23-20-17-14-11-8-3/h65-68,73H,6-64H2,1-5H3,(H,78,79)(H,80,81)/t66-,67-,68-/m1/s1. The molecular weight excluding hydrogens is 1200 g/mol. The largest absolute Gasteiger partial charge is 0.472 e. The minimum Gasteiger partial charge on any atom is -0.462 e. The number of carbonyl (C=O) groups is 4. The Bertz CT molecular complexity index is 1750. The van der Waals surface area contributed by atoms with Gasteiger partial charge in [-0.15, -0.1) is 0 Å². The molecule has 0 amide bonds. The Balaban J connectivity index is 5.22. The Morgan fingerprint density at radius 1 is 0.297 bits per heavy atom. The molecule has 2 unspecified atom stereocenters. The molecule has 0 aliphatic rings. The third-order valence-corrected chi connectivity index (χ3v) is 18.7. The zero-order chi connectivity index (χ0) is 67.0. The molecule has 0 fully saturated rings. The van der Waals surface area contributed by atoms with Gasteiger partial charge in [-0.2, -0.15) is 0 Å². The molecule has 0 aromatic rings. The zero-order valence-corrected chi connectivity index (χ0v) is 60.8. The van der Waals surface area contributed by atoms with Gasteiger partial charge in [0.15, 0.2) is 12.2 Å². The third-order valence-electron chi connectivity index (χ3n) is 16.8. The van der Waals surface area contributed by atoms with E-state index in [1.165, 1.54) is 193 Å². The lowest BCUT2D eigenvalue weighted by atomic mass is 10.0. The van der Waals surface area contributed by atoms with Crippen molar-refractivity contribution in [3.05, 3.63) is 0 Å². The van der Waals surface area contributed by atoms with E-state index in [-0.39, 0.29) is 25.7 Å². The zero-order valence-electron chi connectivity index (χ0n) is 59.0. The van der Waals surface area contributed by atoms with Crippen molar-refractivity contribution in [1.82, 2.24) is 0 Å². The number of unbranched alkanes of at least 4 members (excludes halogenated alkanes) is 44. The quantitative estimate of drug-likeness (QED) is 0.0222. The molecule has 0 aliphatic heterocycles. The van der Waals surface area contributed by atoms with Crippen molar-refractivity contribution in [1.29, 1.82) is 0 Å².